The van der Waals surface area contributed by atoms with Crippen LogP contribution in [0.3, 0.4) is 0 Å². The average molecular weight is 446 g/mol. The van der Waals surface area contributed by atoms with Crippen LogP contribution in [-0.2, 0) is 4.79 Å². The molecule has 1 atom stereocenters. The van der Waals surface area contributed by atoms with Gasteiger partial charge >= 0.3 is 0 Å². The van der Waals surface area contributed by atoms with E-state index in [-0.39, 0.29) is 33.4 Å². The number of rotatable bonds is 3. The van der Waals surface area contributed by atoms with Gasteiger partial charge in [0.2, 0.25) is 5.91 Å². The van der Waals surface area contributed by atoms with Crippen LogP contribution in [0.4, 0.5) is 8.78 Å². The van der Waals surface area contributed by atoms with Crippen LogP contribution in [0, 0.1) is 11.6 Å². The first kappa shape index (κ1) is 21.0. The molecular weight excluding hydrogens is 428 g/mol. The number of carbonyl (C=O) groups is 1. The summed E-state index contributed by atoms with van der Waals surface area (Å²) in [6.45, 7) is 4.35. The van der Waals surface area contributed by atoms with Crippen molar-refractivity contribution >= 4 is 28.4 Å². The molecule has 2 aromatic carbocycles. The molecule has 1 aliphatic heterocycles. The molecule has 0 aliphatic carbocycles. The van der Waals surface area contributed by atoms with Crippen LogP contribution in [0.5, 0.6) is 5.75 Å². The summed E-state index contributed by atoms with van der Waals surface area (Å²) in [5.41, 5.74) is -1.57. The molecule has 4 rings (SSSR count). The number of aromatic nitrogens is 2. The van der Waals surface area contributed by atoms with Crippen LogP contribution in [0.25, 0.3) is 22.0 Å². The summed E-state index contributed by atoms with van der Waals surface area (Å²) in [5, 5.41) is 9.73. The van der Waals surface area contributed by atoms with Crippen molar-refractivity contribution in [1.29, 1.82) is 0 Å². The molecular formula is C22H18ClF2N3O3. The van der Waals surface area contributed by atoms with Crippen LogP contribution in [0.1, 0.15) is 18.9 Å². The van der Waals surface area contributed by atoms with Crippen LogP contribution >= 0.6 is 11.6 Å². The first-order valence-corrected chi connectivity index (χ1v) is 9.99. The smallest absolute Gasteiger partial charge is 0.261 e. The maximum absolute atomic E-state index is 15.3. The Kier molecular flexibility index (Phi) is 5.49. The minimum Gasteiger partial charge on any atom is -0.507 e. The van der Waals surface area contributed by atoms with Crippen molar-refractivity contribution in [3.05, 3.63) is 70.3 Å². The van der Waals surface area contributed by atoms with Crippen LogP contribution < -0.4 is 5.56 Å². The molecule has 3 aromatic rings. The lowest BCUT2D eigenvalue weighted by Crippen LogP contribution is -2.42. The van der Waals surface area contributed by atoms with Gasteiger partial charge in [-0.15, -0.1) is 0 Å². The van der Waals surface area contributed by atoms with Gasteiger partial charge < -0.3 is 10.0 Å². The highest BCUT2D eigenvalue weighted by Crippen LogP contribution is 2.40. The Morgan fingerprint density at radius 3 is 2.81 bits per heavy atom. The van der Waals surface area contributed by atoms with Gasteiger partial charge in [0.05, 0.1) is 28.3 Å². The molecule has 2 heterocycles. The molecule has 1 amide bonds. The van der Waals surface area contributed by atoms with Gasteiger partial charge in [-0.05, 0) is 37.1 Å². The Morgan fingerprint density at radius 1 is 1.32 bits per heavy atom. The molecule has 9 heteroatoms. The summed E-state index contributed by atoms with van der Waals surface area (Å²) in [5.74, 6) is -2.57. The lowest BCUT2D eigenvalue weighted by molar-refractivity contribution is -0.127. The fraction of sp³-hybridized carbons (Fsp3) is 0.227. The Bertz CT molecular complexity index is 1250. The molecule has 1 N–H and O–H groups in total. The van der Waals surface area contributed by atoms with E-state index in [0.29, 0.717) is 25.9 Å². The predicted octanol–water partition coefficient (Wildman–Crippen LogP) is 4.05. The van der Waals surface area contributed by atoms with E-state index in [1.807, 2.05) is 0 Å². The normalized spacial score (nSPS) is 16.5. The highest BCUT2D eigenvalue weighted by Gasteiger charge is 2.27. The summed E-state index contributed by atoms with van der Waals surface area (Å²) < 4.78 is 31.0. The molecule has 1 unspecified atom stereocenters. The summed E-state index contributed by atoms with van der Waals surface area (Å²) >= 11 is 6.22. The molecule has 0 bridgehead atoms. The summed E-state index contributed by atoms with van der Waals surface area (Å²) in [7, 11) is 0. The molecule has 160 valence electrons. The minimum absolute atomic E-state index is 0.0725. The highest BCUT2D eigenvalue weighted by molar-refractivity contribution is 6.34. The standard InChI is InChI=1S/C22H18ClF2N3O3/c1-2-17(30)27-8-4-5-12(10-27)28-11-26-21-13(22(28)31)9-14(23)18(20(21)25)19-15(24)6-3-7-16(19)29/h2-3,6-7,9,11-12,29H,1,4-5,8,10H2. The monoisotopic (exact) mass is 445 g/mol. The average Bonchev–Trinajstić information content (AvgIpc) is 2.76. The van der Waals surface area contributed by atoms with Crippen molar-refractivity contribution in [2.24, 2.45) is 0 Å². The maximum Gasteiger partial charge on any atom is 0.261 e. The number of hydrogen-bond acceptors (Lipinski definition) is 4. The third-order valence-electron chi connectivity index (χ3n) is 5.49. The molecule has 1 fully saturated rings. The lowest BCUT2D eigenvalue weighted by Gasteiger charge is -2.33. The van der Waals surface area contributed by atoms with Gasteiger partial charge in [-0.25, -0.2) is 13.8 Å². The second-order valence-electron chi connectivity index (χ2n) is 7.32. The summed E-state index contributed by atoms with van der Waals surface area (Å²) in [6.07, 6.45) is 3.78. The number of amides is 1. The van der Waals surface area contributed by atoms with E-state index in [2.05, 4.69) is 11.6 Å². The van der Waals surface area contributed by atoms with Gasteiger partial charge in [-0.3, -0.25) is 14.2 Å². The van der Waals surface area contributed by atoms with Gasteiger partial charge in [0, 0.05) is 18.7 Å². The quantitative estimate of drug-likeness (QED) is 0.617. The number of nitrogens with zero attached hydrogens (tertiary/aromatic N) is 3. The predicted molar refractivity (Wildman–Crippen MR) is 113 cm³/mol. The summed E-state index contributed by atoms with van der Waals surface area (Å²) in [4.78, 5) is 30.7. The van der Waals surface area contributed by atoms with E-state index in [4.69, 9.17) is 11.6 Å². The summed E-state index contributed by atoms with van der Waals surface area (Å²) in [6, 6.07) is 4.45. The lowest BCUT2D eigenvalue weighted by atomic mass is 10.0. The number of carbonyl (C=O) groups excluding carboxylic acids is 1. The third-order valence-corrected chi connectivity index (χ3v) is 5.78. The zero-order chi connectivity index (χ0) is 22.3. The second kappa shape index (κ2) is 8.11. The van der Waals surface area contributed by atoms with Gasteiger partial charge in [0.15, 0.2) is 5.82 Å². The molecule has 31 heavy (non-hydrogen) atoms. The van der Waals surface area contributed by atoms with Crippen LogP contribution in [0.15, 0.2) is 48.0 Å². The first-order chi connectivity index (χ1) is 14.8. The number of likely N-dealkylation sites (tertiary alicyclic amines) is 1. The fourth-order valence-electron chi connectivity index (χ4n) is 3.97. The number of halogens is 3. The SMILES string of the molecule is C=CC(=O)N1CCCC(n2cnc3c(F)c(-c4c(O)cccc4F)c(Cl)cc3c2=O)C1. The zero-order valence-corrected chi connectivity index (χ0v) is 17.1. The van der Waals surface area contributed by atoms with Crippen LogP contribution in [0.2, 0.25) is 5.02 Å². The van der Waals surface area contributed by atoms with Gasteiger partial charge in [-0.2, -0.15) is 0 Å². The number of phenolic OH excluding ortho intramolecular Hbond substituents is 1. The van der Waals surface area contributed by atoms with E-state index in [9.17, 15) is 19.1 Å². The van der Waals surface area contributed by atoms with Crippen LogP contribution in [-0.4, -0.2) is 38.6 Å². The molecule has 0 spiro atoms. The third kappa shape index (κ3) is 3.57. The topological polar surface area (TPSA) is 75.4 Å². The minimum atomic E-state index is -1.00. The number of phenols is 1. The van der Waals surface area contributed by atoms with E-state index in [1.165, 1.54) is 35.2 Å². The van der Waals surface area contributed by atoms with Crippen molar-refractivity contribution in [2.75, 3.05) is 13.1 Å². The Balaban J connectivity index is 1.84. The zero-order valence-electron chi connectivity index (χ0n) is 16.3. The largest absolute Gasteiger partial charge is 0.507 e. The van der Waals surface area contributed by atoms with Crippen molar-refractivity contribution in [3.8, 4) is 16.9 Å². The molecule has 1 aromatic heterocycles. The molecule has 6 nitrogen and oxygen atoms in total. The molecule has 1 aliphatic rings. The number of fused-ring (bicyclic) bond motifs is 1. The van der Waals surface area contributed by atoms with Crippen molar-refractivity contribution in [1.82, 2.24) is 14.5 Å². The number of piperidine rings is 1. The fourth-order valence-corrected chi connectivity index (χ4v) is 4.26. The van der Waals surface area contributed by atoms with E-state index in [1.54, 1.807) is 4.90 Å². The Morgan fingerprint density at radius 2 is 2.10 bits per heavy atom. The van der Waals surface area contributed by atoms with Gasteiger partial charge in [0.1, 0.15) is 17.1 Å². The van der Waals surface area contributed by atoms with Gasteiger partial charge in [0.25, 0.3) is 5.56 Å². The maximum atomic E-state index is 15.3. The molecule has 1 saturated heterocycles. The van der Waals surface area contributed by atoms with Crippen molar-refractivity contribution in [2.45, 2.75) is 18.9 Å². The highest BCUT2D eigenvalue weighted by atomic mass is 35.5. The Hall–Kier alpha value is -3.26. The first-order valence-electron chi connectivity index (χ1n) is 9.61. The van der Waals surface area contributed by atoms with Crippen molar-refractivity contribution < 1.29 is 18.7 Å². The van der Waals surface area contributed by atoms with Crippen molar-refractivity contribution in [3.63, 3.8) is 0 Å². The number of benzene rings is 2. The van der Waals surface area contributed by atoms with E-state index in [0.717, 1.165) is 6.07 Å². The number of hydrogen-bond donors (Lipinski definition) is 1. The van der Waals surface area contributed by atoms with E-state index < -0.39 is 28.5 Å². The Labute approximate surface area is 181 Å². The van der Waals surface area contributed by atoms with Gasteiger partial charge in [-0.1, -0.05) is 24.2 Å². The molecule has 0 saturated carbocycles. The second-order valence-corrected chi connectivity index (χ2v) is 7.73. The van der Waals surface area contributed by atoms with E-state index >= 15 is 4.39 Å². The number of aromatic hydroxyl groups is 1. The molecule has 0 radical (unpaired) electrons.